The number of piperidine rings is 3. The van der Waals surface area contributed by atoms with Crippen LogP contribution in [0.25, 0.3) is 11.0 Å². The molecule has 1 amide bonds. The molecule has 3 N–H and O–H groups in total. The van der Waals surface area contributed by atoms with Crippen LogP contribution >= 0.6 is 24.8 Å². The van der Waals surface area contributed by atoms with Crippen LogP contribution < -0.4 is 15.8 Å². The fraction of sp³-hybridized carbons (Fsp3) is 0.471. The van der Waals surface area contributed by atoms with Crippen molar-refractivity contribution in [1.82, 2.24) is 10.2 Å². The number of halogens is 2. The van der Waals surface area contributed by atoms with E-state index >= 15 is 0 Å². The van der Waals surface area contributed by atoms with E-state index in [2.05, 4.69) is 10.2 Å². The van der Waals surface area contributed by atoms with E-state index in [1.54, 1.807) is 25.3 Å². The average molecular weight is 388 g/mol. The van der Waals surface area contributed by atoms with Gasteiger partial charge in [-0.15, -0.1) is 24.8 Å². The zero-order valence-electron chi connectivity index (χ0n) is 14.0. The van der Waals surface area contributed by atoms with E-state index in [0.29, 0.717) is 28.7 Å². The van der Waals surface area contributed by atoms with Gasteiger partial charge in [0, 0.05) is 29.7 Å². The van der Waals surface area contributed by atoms with Crippen LogP contribution in [0.15, 0.2) is 22.6 Å². The van der Waals surface area contributed by atoms with E-state index in [4.69, 9.17) is 14.9 Å². The summed E-state index contributed by atoms with van der Waals surface area (Å²) in [5.41, 5.74) is 6.99. The Labute approximate surface area is 158 Å². The van der Waals surface area contributed by atoms with E-state index in [0.717, 1.165) is 37.9 Å². The van der Waals surface area contributed by atoms with Crippen LogP contribution in [0.3, 0.4) is 0 Å². The molecule has 138 valence electrons. The van der Waals surface area contributed by atoms with Gasteiger partial charge in [0.1, 0.15) is 0 Å². The number of nitrogens with one attached hydrogen (secondary N) is 1. The summed E-state index contributed by atoms with van der Waals surface area (Å²) in [7, 11) is 1.56. The Morgan fingerprint density at radius 1 is 1.28 bits per heavy atom. The number of benzene rings is 1. The smallest absolute Gasteiger partial charge is 0.287 e. The minimum Gasteiger partial charge on any atom is -0.493 e. The number of fused-ring (bicyclic) bond motifs is 4. The van der Waals surface area contributed by atoms with Crippen molar-refractivity contribution in [2.45, 2.75) is 18.9 Å². The van der Waals surface area contributed by atoms with Gasteiger partial charge in [-0.1, -0.05) is 0 Å². The van der Waals surface area contributed by atoms with Crippen LogP contribution in [0, 0.1) is 5.92 Å². The molecule has 0 aliphatic carbocycles. The fourth-order valence-corrected chi connectivity index (χ4v) is 3.77. The highest BCUT2D eigenvalue weighted by Crippen LogP contribution is 2.32. The van der Waals surface area contributed by atoms with Crippen LogP contribution in [0.5, 0.6) is 5.75 Å². The third-order valence-electron chi connectivity index (χ3n) is 5.02. The number of nitrogens with two attached hydrogens (primary N) is 1. The Bertz CT molecular complexity index is 757. The van der Waals surface area contributed by atoms with Crippen molar-refractivity contribution in [3.05, 3.63) is 24.0 Å². The van der Waals surface area contributed by atoms with Gasteiger partial charge in [0.15, 0.2) is 17.1 Å². The molecule has 5 rings (SSSR count). The van der Waals surface area contributed by atoms with Crippen LogP contribution in [-0.2, 0) is 0 Å². The molecule has 1 atom stereocenters. The van der Waals surface area contributed by atoms with Gasteiger partial charge in [-0.3, -0.25) is 4.79 Å². The number of ether oxygens (including phenoxy) is 1. The molecule has 3 fully saturated rings. The van der Waals surface area contributed by atoms with Crippen molar-refractivity contribution >= 4 is 47.4 Å². The molecular weight excluding hydrogens is 365 g/mol. The Morgan fingerprint density at radius 3 is 2.60 bits per heavy atom. The summed E-state index contributed by atoms with van der Waals surface area (Å²) in [6.07, 6.45) is 2.32. The number of amides is 1. The standard InChI is InChI=1S/C17H21N3O3.2ClH/c1-22-14-8-12(18)6-11-7-15(23-16(11)14)17(21)19-13-9-20-4-2-10(13)3-5-20;;/h6-8,10,13H,2-5,9,18H2,1H3,(H,19,21);2*1H/t13-;;/m0../s1. The molecule has 4 heterocycles. The lowest BCUT2D eigenvalue weighted by Crippen LogP contribution is -2.57. The average Bonchev–Trinajstić information content (AvgIpc) is 2.99. The first-order valence-electron chi connectivity index (χ1n) is 8.04. The molecule has 0 spiro atoms. The number of carbonyl (C=O) groups is 1. The molecule has 2 bridgehead atoms. The second-order valence-electron chi connectivity index (χ2n) is 6.47. The van der Waals surface area contributed by atoms with E-state index in [1.807, 2.05) is 0 Å². The maximum Gasteiger partial charge on any atom is 0.287 e. The Balaban J connectivity index is 0.00000113. The van der Waals surface area contributed by atoms with E-state index in [1.165, 1.54) is 0 Å². The first-order valence-corrected chi connectivity index (χ1v) is 8.04. The van der Waals surface area contributed by atoms with Gasteiger partial charge in [-0.2, -0.15) is 0 Å². The number of anilines is 1. The molecule has 1 aromatic heterocycles. The number of hydrogen-bond acceptors (Lipinski definition) is 5. The number of nitrogens with zero attached hydrogens (tertiary/aromatic N) is 1. The highest BCUT2D eigenvalue weighted by Gasteiger charge is 2.35. The Kier molecular flexibility index (Phi) is 6.08. The highest BCUT2D eigenvalue weighted by molar-refractivity contribution is 5.98. The van der Waals surface area contributed by atoms with E-state index in [9.17, 15) is 4.79 Å². The maximum absolute atomic E-state index is 12.5. The summed E-state index contributed by atoms with van der Waals surface area (Å²) in [6, 6.07) is 5.42. The summed E-state index contributed by atoms with van der Waals surface area (Å²) in [5.74, 6) is 1.27. The lowest BCUT2D eigenvalue weighted by molar-refractivity contribution is 0.0607. The molecule has 0 radical (unpaired) electrons. The van der Waals surface area contributed by atoms with E-state index < -0.39 is 0 Å². The van der Waals surface area contributed by atoms with Crippen molar-refractivity contribution in [1.29, 1.82) is 0 Å². The number of rotatable bonds is 3. The minimum atomic E-state index is -0.166. The normalized spacial score (nSPS) is 24.3. The molecule has 0 saturated carbocycles. The van der Waals surface area contributed by atoms with Crippen LogP contribution in [0.4, 0.5) is 5.69 Å². The number of hydrogen-bond donors (Lipinski definition) is 2. The highest BCUT2D eigenvalue weighted by atomic mass is 35.5. The van der Waals surface area contributed by atoms with Crippen molar-refractivity contribution in [2.75, 3.05) is 32.5 Å². The Morgan fingerprint density at radius 2 is 2.00 bits per heavy atom. The van der Waals surface area contributed by atoms with Crippen LogP contribution in [-0.4, -0.2) is 43.6 Å². The summed E-state index contributed by atoms with van der Waals surface area (Å²) in [5, 5.41) is 3.91. The number of nitrogen functional groups attached to an aromatic ring is 1. The second-order valence-corrected chi connectivity index (χ2v) is 6.47. The monoisotopic (exact) mass is 387 g/mol. The summed E-state index contributed by atoms with van der Waals surface area (Å²) in [6.45, 7) is 3.24. The van der Waals surface area contributed by atoms with Crippen molar-refractivity contribution < 1.29 is 13.9 Å². The Hall–Kier alpha value is -1.63. The third kappa shape index (κ3) is 3.66. The molecule has 8 heteroatoms. The zero-order chi connectivity index (χ0) is 16.0. The van der Waals surface area contributed by atoms with Crippen molar-refractivity contribution in [2.24, 2.45) is 5.92 Å². The first kappa shape index (κ1) is 19.7. The largest absolute Gasteiger partial charge is 0.493 e. The lowest BCUT2D eigenvalue weighted by Gasteiger charge is -2.44. The van der Waals surface area contributed by atoms with Crippen LogP contribution in [0.1, 0.15) is 23.4 Å². The molecule has 25 heavy (non-hydrogen) atoms. The first-order chi connectivity index (χ1) is 11.1. The minimum absolute atomic E-state index is 0. The molecule has 6 nitrogen and oxygen atoms in total. The summed E-state index contributed by atoms with van der Waals surface area (Å²) in [4.78, 5) is 15.0. The topological polar surface area (TPSA) is 80.7 Å². The van der Waals surface area contributed by atoms with Gasteiger partial charge >= 0.3 is 0 Å². The molecule has 2 aromatic rings. The fourth-order valence-electron chi connectivity index (χ4n) is 3.77. The second kappa shape index (κ2) is 7.72. The summed E-state index contributed by atoms with van der Waals surface area (Å²) >= 11 is 0. The van der Waals surface area contributed by atoms with Gasteiger partial charge in [0.25, 0.3) is 5.91 Å². The quantitative estimate of drug-likeness (QED) is 0.791. The molecule has 3 aliphatic heterocycles. The molecule has 0 unspecified atom stereocenters. The maximum atomic E-state index is 12.5. The third-order valence-corrected chi connectivity index (χ3v) is 5.02. The van der Waals surface area contributed by atoms with Gasteiger partial charge in [-0.05, 0) is 44.0 Å². The number of carbonyl (C=O) groups excluding carboxylic acids is 1. The van der Waals surface area contributed by atoms with Crippen molar-refractivity contribution in [3.8, 4) is 5.75 Å². The predicted molar refractivity (Wildman–Crippen MR) is 102 cm³/mol. The van der Waals surface area contributed by atoms with Gasteiger partial charge < -0.3 is 25.1 Å². The molecule has 3 aliphatic rings. The van der Waals surface area contributed by atoms with E-state index in [-0.39, 0.29) is 36.8 Å². The number of furan rings is 1. The molecular formula is C17H23Cl2N3O3. The predicted octanol–water partition coefficient (Wildman–Crippen LogP) is 2.69. The van der Waals surface area contributed by atoms with Crippen LogP contribution in [0.2, 0.25) is 0 Å². The van der Waals surface area contributed by atoms with Gasteiger partial charge in [-0.25, -0.2) is 0 Å². The lowest BCUT2D eigenvalue weighted by atomic mass is 9.84. The zero-order valence-corrected chi connectivity index (χ0v) is 15.6. The molecule has 1 aromatic carbocycles. The number of methoxy groups -OCH3 is 1. The molecule has 3 saturated heterocycles. The summed E-state index contributed by atoms with van der Waals surface area (Å²) < 4.78 is 11.0. The SMILES string of the molecule is COc1cc(N)cc2cc(C(=O)N[C@H]3CN4CCC3CC4)oc12.Cl.Cl. The van der Waals surface area contributed by atoms with Gasteiger partial charge in [0.2, 0.25) is 0 Å². The van der Waals surface area contributed by atoms with Crippen molar-refractivity contribution in [3.63, 3.8) is 0 Å². The van der Waals surface area contributed by atoms with Gasteiger partial charge in [0.05, 0.1) is 7.11 Å².